The van der Waals surface area contributed by atoms with E-state index in [1.807, 2.05) is 6.07 Å². The first-order valence-electron chi connectivity index (χ1n) is 6.38. The second-order valence-corrected chi connectivity index (χ2v) is 4.44. The lowest BCUT2D eigenvalue weighted by atomic mass is 9.95. The fraction of sp³-hybridized carbons (Fsp3) is 0.615. The predicted molar refractivity (Wildman–Crippen MR) is 68.7 cm³/mol. The zero-order valence-corrected chi connectivity index (χ0v) is 11.1. The van der Waals surface area contributed by atoms with Crippen LogP contribution >= 0.6 is 0 Å². The molecule has 1 aliphatic rings. The lowest BCUT2D eigenvalue weighted by molar-refractivity contribution is -0.139. The van der Waals surface area contributed by atoms with Crippen molar-refractivity contribution in [1.29, 1.82) is 5.26 Å². The zero-order valence-electron chi connectivity index (χ0n) is 11.1. The number of nitriles is 1. The van der Waals surface area contributed by atoms with Gasteiger partial charge in [-0.25, -0.2) is 0 Å². The van der Waals surface area contributed by atoms with Crippen LogP contribution in [0.4, 0.5) is 0 Å². The second kappa shape index (κ2) is 8.14. The van der Waals surface area contributed by atoms with Crippen molar-refractivity contribution in [3.8, 4) is 6.07 Å². The van der Waals surface area contributed by atoms with Gasteiger partial charge in [0.2, 0.25) is 0 Å². The van der Waals surface area contributed by atoms with Gasteiger partial charge in [0.1, 0.15) is 18.2 Å². The summed E-state index contributed by atoms with van der Waals surface area (Å²) in [6, 6.07) is 1.97. The van der Waals surface area contributed by atoms with Crippen LogP contribution in [0, 0.1) is 11.3 Å². The average Bonchev–Trinajstić information content (AvgIpc) is 2.44. The van der Waals surface area contributed by atoms with Gasteiger partial charge < -0.3 is 15.4 Å². The molecule has 0 saturated heterocycles. The molecular formula is C13H19N3O3. The maximum atomic E-state index is 11.8. The van der Waals surface area contributed by atoms with Crippen LogP contribution in [0.5, 0.6) is 0 Å². The molecule has 0 aromatic carbocycles. The van der Waals surface area contributed by atoms with Crippen molar-refractivity contribution >= 4 is 11.9 Å². The van der Waals surface area contributed by atoms with Crippen molar-refractivity contribution in [2.24, 2.45) is 0 Å². The van der Waals surface area contributed by atoms with E-state index in [1.165, 1.54) is 19.7 Å². The van der Waals surface area contributed by atoms with Crippen molar-refractivity contribution in [2.75, 3.05) is 13.7 Å². The number of carbonyl (C=O) groups is 2. The van der Waals surface area contributed by atoms with Crippen LogP contribution in [0.3, 0.4) is 0 Å². The third kappa shape index (κ3) is 5.42. The van der Waals surface area contributed by atoms with Crippen LogP contribution in [-0.4, -0.2) is 31.6 Å². The Hall–Kier alpha value is -2.03. The van der Waals surface area contributed by atoms with E-state index in [2.05, 4.69) is 15.4 Å². The molecule has 1 amide bonds. The number of hydrogen-bond acceptors (Lipinski definition) is 5. The molecule has 0 unspecified atom stereocenters. The first-order valence-corrected chi connectivity index (χ1v) is 6.38. The Balaban J connectivity index is 2.44. The molecule has 0 aliphatic heterocycles. The Bertz CT molecular complexity index is 392. The topological polar surface area (TPSA) is 91.2 Å². The summed E-state index contributed by atoms with van der Waals surface area (Å²) in [4.78, 5) is 22.7. The first kappa shape index (κ1) is 15.0. The van der Waals surface area contributed by atoms with Crippen molar-refractivity contribution in [1.82, 2.24) is 10.6 Å². The molecule has 6 nitrogen and oxygen atoms in total. The van der Waals surface area contributed by atoms with Crippen LogP contribution < -0.4 is 10.6 Å². The van der Waals surface area contributed by atoms with E-state index in [0.29, 0.717) is 0 Å². The van der Waals surface area contributed by atoms with Gasteiger partial charge in [-0.15, -0.1) is 0 Å². The summed E-state index contributed by atoms with van der Waals surface area (Å²) in [5, 5.41) is 14.3. The lowest BCUT2D eigenvalue weighted by Crippen LogP contribution is -2.37. The number of nitrogens with one attached hydrogen (secondary N) is 2. The first-order chi connectivity index (χ1) is 9.17. The maximum Gasteiger partial charge on any atom is 0.325 e. The number of amides is 1. The number of carbonyl (C=O) groups excluding carboxylic acids is 2. The summed E-state index contributed by atoms with van der Waals surface area (Å²) in [5.74, 6) is -0.854. The molecule has 0 heterocycles. The van der Waals surface area contributed by atoms with Gasteiger partial charge in [0.05, 0.1) is 7.11 Å². The molecule has 19 heavy (non-hydrogen) atoms. The molecule has 0 atom stereocenters. The SMILES string of the molecule is COC(=O)CN/C=C(/C#N)C(=O)NC1CCCCC1. The summed E-state index contributed by atoms with van der Waals surface area (Å²) in [6.07, 6.45) is 6.58. The van der Waals surface area contributed by atoms with E-state index in [9.17, 15) is 9.59 Å². The molecule has 0 radical (unpaired) electrons. The number of esters is 1. The van der Waals surface area contributed by atoms with Crippen LogP contribution in [0.15, 0.2) is 11.8 Å². The number of rotatable bonds is 5. The molecule has 1 saturated carbocycles. The van der Waals surface area contributed by atoms with E-state index in [4.69, 9.17) is 5.26 Å². The fourth-order valence-electron chi connectivity index (χ4n) is 1.97. The minimum atomic E-state index is -0.457. The third-order valence-corrected chi connectivity index (χ3v) is 3.03. The number of hydrogen-bond donors (Lipinski definition) is 2. The van der Waals surface area contributed by atoms with Gasteiger partial charge in [-0.3, -0.25) is 9.59 Å². The smallest absolute Gasteiger partial charge is 0.325 e. The molecule has 6 heteroatoms. The monoisotopic (exact) mass is 265 g/mol. The highest BCUT2D eigenvalue weighted by Gasteiger charge is 2.17. The Labute approximate surface area is 112 Å². The standard InChI is InChI=1S/C13H19N3O3/c1-19-12(17)9-15-8-10(7-14)13(18)16-11-5-3-2-4-6-11/h8,11,15H,2-6,9H2,1H3,(H,16,18)/b10-8-. The molecule has 0 spiro atoms. The Morgan fingerprint density at radius 2 is 2.05 bits per heavy atom. The second-order valence-electron chi connectivity index (χ2n) is 4.44. The zero-order chi connectivity index (χ0) is 14.1. The largest absolute Gasteiger partial charge is 0.468 e. The number of methoxy groups -OCH3 is 1. The molecule has 1 aliphatic carbocycles. The van der Waals surface area contributed by atoms with Crippen LogP contribution in [-0.2, 0) is 14.3 Å². The molecule has 1 rings (SSSR count). The van der Waals surface area contributed by atoms with E-state index < -0.39 is 11.9 Å². The minimum Gasteiger partial charge on any atom is -0.468 e. The summed E-state index contributed by atoms with van der Waals surface area (Å²) in [7, 11) is 1.27. The van der Waals surface area contributed by atoms with Gasteiger partial charge in [0.25, 0.3) is 5.91 Å². The van der Waals surface area contributed by atoms with Gasteiger partial charge in [0, 0.05) is 12.2 Å². The fourth-order valence-corrected chi connectivity index (χ4v) is 1.97. The van der Waals surface area contributed by atoms with E-state index >= 15 is 0 Å². The highest BCUT2D eigenvalue weighted by molar-refractivity contribution is 5.97. The van der Waals surface area contributed by atoms with Gasteiger partial charge in [0.15, 0.2) is 0 Å². The Morgan fingerprint density at radius 1 is 1.37 bits per heavy atom. The van der Waals surface area contributed by atoms with Crippen molar-refractivity contribution < 1.29 is 14.3 Å². The predicted octanol–water partition coefficient (Wildman–Crippen LogP) is 0.605. The molecule has 104 valence electrons. The molecule has 0 bridgehead atoms. The Kier molecular flexibility index (Phi) is 6.44. The van der Waals surface area contributed by atoms with Crippen molar-refractivity contribution in [3.05, 3.63) is 11.8 Å². The lowest BCUT2D eigenvalue weighted by Gasteiger charge is -2.22. The van der Waals surface area contributed by atoms with E-state index in [-0.39, 0.29) is 18.2 Å². The minimum absolute atomic E-state index is 0.0329. The highest BCUT2D eigenvalue weighted by atomic mass is 16.5. The summed E-state index contributed by atoms with van der Waals surface area (Å²) >= 11 is 0. The Morgan fingerprint density at radius 3 is 2.63 bits per heavy atom. The number of ether oxygens (including phenoxy) is 1. The van der Waals surface area contributed by atoms with Crippen LogP contribution in [0.25, 0.3) is 0 Å². The van der Waals surface area contributed by atoms with Gasteiger partial charge in [-0.05, 0) is 12.8 Å². The van der Waals surface area contributed by atoms with Gasteiger partial charge >= 0.3 is 5.97 Å². The quantitative estimate of drug-likeness (QED) is 0.431. The average molecular weight is 265 g/mol. The van der Waals surface area contributed by atoms with Gasteiger partial charge in [-0.1, -0.05) is 19.3 Å². The van der Waals surface area contributed by atoms with Crippen molar-refractivity contribution in [3.63, 3.8) is 0 Å². The third-order valence-electron chi connectivity index (χ3n) is 3.03. The molecular weight excluding hydrogens is 246 g/mol. The molecule has 2 N–H and O–H groups in total. The summed E-state index contributed by atoms with van der Waals surface area (Å²) < 4.78 is 4.43. The normalized spacial score (nSPS) is 16.3. The summed E-state index contributed by atoms with van der Waals surface area (Å²) in [6.45, 7) is -0.0710. The number of nitrogens with zero attached hydrogens (tertiary/aromatic N) is 1. The molecule has 0 aromatic rings. The maximum absolute atomic E-state index is 11.8. The van der Waals surface area contributed by atoms with Crippen molar-refractivity contribution in [2.45, 2.75) is 38.1 Å². The van der Waals surface area contributed by atoms with E-state index in [1.54, 1.807) is 0 Å². The molecule has 1 fully saturated rings. The van der Waals surface area contributed by atoms with E-state index in [0.717, 1.165) is 25.7 Å². The van der Waals surface area contributed by atoms with Crippen LogP contribution in [0.1, 0.15) is 32.1 Å². The highest BCUT2D eigenvalue weighted by Crippen LogP contribution is 2.17. The summed E-state index contributed by atoms with van der Waals surface area (Å²) in [5.41, 5.74) is -0.0329. The van der Waals surface area contributed by atoms with Gasteiger partial charge in [-0.2, -0.15) is 5.26 Å². The molecule has 0 aromatic heterocycles. The van der Waals surface area contributed by atoms with Crippen LogP contribution in [0.2, 0.25) is 0 Å².